The summed E-state index contributed by atoms with van der Waals surface area (Å²) in [6.45, 7) is 5.20. The molecule has 0 saturated carbocycles. The maximum Gasteiger partial charge on any atom is 0.250 e. The van der Waals surface area contributed by atoms with E-state index in [1.807, 2.05) is 6.07 Å². The molecule has 3 rings (SSSR count). The van der Waals surface area contributed by atoms with Crippen molar-refractivity contribution in [1.82, 2.24) is 20.9 Å². The number of aliphatic hydroxyl groups excluding tert-OH is 1. The highest BCUT2D eigenvalue weighted by molar-refractivity contribution is 5.99. The fourth-order valence-electron chi connectivity index (χ4n) is 4.93. The number of nitrogens with one attached hydrogen (secondary N) is 3. The lowest BCUT2D eigenvalue weighted by Crippen LogP contribution is -2.63. The van der Waals surface area contributed by atoms with Gasteiger partial charge in [0.05, 0.1) is 0 Å². The van der Waals surface area contributed by atoms with E-state index in [0.29, 0.717) is 50.6 Å². The number of carbonyl (C=O) groups is 5. The zero-order valence-electron chi connectivity index (χ0n) is 22.5. The fraction of sp³-hybridized carbons (Fsp3) is 0.607. The van der Waals surface area contributed by atoms with Crippen molar-refractivity contribution in [2.75, 3.05) is 6.54 Å². The Balaban J connectivity index is 1.84. The number of aliphatic hydroxyl groups is 1. The van der Waals surface area contributed by atoms with Crippen molar-refractivity contribution in [3.63, 3.8) is 0 Å². The summed E-state index contributed by atoms with van der Waals surface area (Å²) in [7, 11) is 0. The van der Waals surface area contributed by atoms with Crippen molar-refractivity contribution in [2.24, 2.45) is 0 Å². The Morgan fingerprint density at radius 2 is 1.79 bits per heavy atom. The molecule has 0 spiro atoms. The van der Waals surface area contributed by atoms with Crippen LogP contribution in [-0.2, 0) is 24.0 Å². The third-order valence-corrected chi connectivity index (χ3v) is 7.62. The van der Waals surface area contributed by atoms with E-state index in [4.69, 9.17) is 0 Å². The van der Waals surface area contributed by atoms with Crippen molar-refractivity contribution < 1.29 is 29.1 Å². The number of rotatable bonds is 9. The molecule has 10 nitrogen and oxygen atoms in total. The first-order valence-electron chi connectivity index (χ1n) is 13.6. The number of carbonyl (C=O) groups excluding carboxylic acids is 5. The van der Waals surface area contributed by atoms with Crippen LogP contribution in [0.2, 0.25) is 0 Å². The molecule has 2 aliphatic rings. The largest absolute Gasteiger partial charge is 0.386 e. The Bertz CT molecular complexity index is 1030. The van der Waals surface area contributed by atoms with Gasteiger partial charge in [0.2, 0.25) is 23.6 Å². The maximum absolute atomic E-state index is 13.7. The van der Waals surface area contributed by atoms with Crippen LogP contribution in [0.1, 0.15) is 83.7 Å². The topological polar surface area (TPSA) is 145 Å². The normalized spacial score (nSPS) is 27.4. The Morgan fingerprint density at radius 1 is 1.08 bits per heavy atom. The quantitative estimate of drug-likeness (QED) is 0.358. The van der Waals surface area contributed by atoms with E-state index in [0.717, 1.165) is 0 Å². The molecule has 0 bridgehead atoms. The molecule has 4 amide bonds. The lowest BCUT2D eigenvalue weighted by molar-refractivity contribution is -0.145. The number of fused-ring (bicyclic) bond motifs is 1. The van der Waals surface area contributed by atoms with Crippen molar-refractivity contribution in [2.45, 2.75) is 102 Å². The summed E-state index contributed by atoms with van der Waals surface area (Å²) in [5.41, 5.74) is -0.702. The van der Waals surface area contributed by atoms with Gasteiger partial charge in [-0.25, -0.2) is 0 Å². The second-order valence-electron chi connectivity index (χ2n) is 10.5. The van der Waals surface area contributed by atoms with Gasteiger partial charge < -0.3 is 26.0 Å². The molecule has 0 unspecified atom stereocenters. The molecule has 1 aromatic rings. The molecule has 4 N–H and O–H groups in total. The summed E-state index contributed by atoms with van der Waals surface area (Å²) in [5, 5.41) is 17.9. The molecule has 2 aliphatic heterocycles. The van der Waals surface area contributed by atoms with Crippen LogP contribution in [0, 0.1) is 0 Å². The van der Waals surface area contributed by atoms with E-state index in [2.05, 4.69) is 16.0 Å². The number of amides is 4. The molecule has 2 heterocycles. The number of unbranched alkanes of at least 4 members (excludes halogenated alkanes) is 2. The van der Waals surface area contributed by atoms with Crippen LogP contribution in [0.3, 0.4) is 0 Å². The maximum atomic E-state index is 13.7. The van der Waals surface area contributed by atoms with Crippen LogP contribution < -0.4 is 16.0 Å². The molecule has 38 heavy (non-hydrogen) atoms. The van der Waals surface area contributed by atoms with Gasteiger partial charge in [0, 0.05) is 13.0 Å². The second kappa shape index (κ2) is 13.0. The standard InChI is InChI=1S/C28H40N4O6/c1-4-28(3)27(38)30-23(19-12-7-5-8-13-19)26(37)32-17-11-15-21(32)25(36)29-20(24(35)31-28)14-9-6-10-16-22(34)18(2)33/h5,7-8,12-13,18,20-21,23,33H,4,6,9-11,14-17H2,1-3H3,(H,29,36)(H,30,38)(H,31,35)/t18-,20+,21-,23+,28+/m1/s1. The summed E-state index contributed by atoms with van der Waals surface area (Å²) < 4.78 is 0. The number of ketones is 1. The van der Waals surface area contributed by atoms with Crippen LogP contribution in [0.4, 0.5) is 0 Å². The highest BCUT2D eigenvalue weighted by Gasteiger charge is 2.43. The average Bonchev–Trinajstić information content (AvgIpc) is 3.40. The summed E-state index contributed by atoms with van der Waals surface area (Å²) in [6.07, 6.45) is 2.70. The van der Waals surface area contributed by atoms with Crippen LogP contribution in [0.15, 0.2) is 30.3 Å². The van der Waals surface area contributed by atoms with Gasteiger partial charge in [-0.2, -0.15) is 0 Å². The van der Waals surface area contributed by atoms with E-state index in [-0.39, 0.29) is 24.5 Å². The highest BCUT2D eigenvalue weighted by Crippen LogP contribution is 2.26. The SMILES string of the molecule is CC[C@]1(C)NC(=O)[C@H](CCCCCC(=O)[C@@H](C)O)NC(=O)[C@H]2CCCN2C(=O)[C@H](c2ccccc2)NC1=O. The molecule has 10 heteroatoms. The van der Waals surface area contributed by atoms with E-state index in [1.165, 1.54) is 11.8 Å². The fourth-order valence-corrected chi connectivity index (χ4v) is 4.93. The lowest BCUT2D eigenvalue weighted by Gasteiger charge is -2.36. The highest BCUT2D eigenvalue weighted by atomic mass is 16.3. The van der Waals surface area contributed by atoms with Gasteiger partial charge in [0.15, 0.2) is 5.78 Å². The monoisotopic (exact) mass is 528 g/mol. The summed E-state index contributed by atoms with van der Waals surface area (Å²) in [5.74, 6) is -1.92. The Morgan fingerprint density at radius 3 is 2.45 bits per heavy atom. The van der Waals surface area contributed by atoms with E-state index >= 15 is 0 Å². The lowest BCUT2D eigenvalue weighted by atomic mass is 9.94. The van der Waals surface area contributed by atoms with Crippen LogP contribution in [0.5, 0.6) is 0 Å². The van der Waals surface area contributed by atoms with Crippen molar-refractivity contribution in [3.05, 3.63) is 35.9 Å². The van der Waals surface area contributed by atoms with Gasteiger partial charge in [0.25, 0.3) is 0 Å². The molecule has 208 valence electrons. The van der Waals surface area contributed by atoms with Crippen molar-refractivity contribution >= 4 is 29.4 Å². The first-order chi connectivity index (χ1) is 18.1. The number of nitrogens with zero attached hydrogens (tertiary/aromatic N) is 1. The Hall–Kier alpha value is -3.27. The van der Waals surface area contributed by atoms with Crippen molar-refractivity contribution in [3.8, 4) is 0 Å². The molecule has 0 aliphatic carbocycles. The molecule has 1 aromatic carbocycles. The minimum absolute atomic E-state index is 0.230. The van der Waals surface area contributed by atoms with Gasteiger partial charge in [-0.3, -0.25) is 24.0 Å². The molecule has 2 saturated heterocycles. The Labute approximate surface area is 223 Å². The third-order valence-electron chi connectivity index (χ3n) is 7.62. The van der Waals surface area contributed by atoms with Gasteiger partial charge in [-0.05, 0) is 51.5 Å². The minimum Gasteiger partial charge on any atom is -0.386 e. The first kappa shape index (κ1) is 29.3. The molecule has 5 atom stereocenters. The predicted molar refractivity (Wildman–Crippen MR) is 141 cm³/mol. The molecule has 2 fully saturated rings. The van der Waals surface area contributed by atoms with Gasteiger partial charge in [-0.15, -0.1) is 0 Å². The number of benzene rings is 1. The van der Waals surface area contributed by atoms with Crippen LogP contribution in [0.25, 0.3) is 0 Å². The van der Waals surface area contributed by atoms with Gasteiger partial charge in [-0.1, -0.05) is 50.1 Å². The van der Waals surface area contributed by atoms with Gasteiger partial charge >= 0.3 is 0 Å². The molecular formula is C28H40N4O6. The Kier molecular flexibility index (Phi) is 10.0. The van der Waals surface area contributed by atoms with E-state index in [9.17, 15) is 29.1 Å². The zero-order valence-corrected chi connectivity index (χ0v) is 22.5. The number of hydrogen-bond donors (Lipinski definition) is 4. The smallest absolute Gasteiger partial charge is 0.250 e. The van der Waals surface area contributed by atoms with E-state index in [1.54, 1.807) is 38.1 Å². The third kappa shape index (κ3) is 6.98. The second-order valence-corrected chi connectivity index (χ2v) is 10.5. The number of hydrogen-bond acceptors (Lipinski definition) is 6. The first-order valence-corrected chi connectivity index (χ1v) is 13.6. The molecular weight excluding hydrogens is 488 g/mol. The van der Waals surface area contributed by atoms with Crippen molar-refractivity contribution in [1.29, 1.82) is 0 Å². The van der Waals surface area contributed by atoms with E-state index < -0.39 is 47.5 Å². The predicted octanol–water partition coefficient (Wildman–Crippen LogP) is 1.52. The van der Waals surface area contributed by atoms with Crippen LogP contribution >= 0.6 is 0 Å². The molecule has 0 radical (unpaired) electrons. The average molecular weight is 529 g/mol. The zero-order chi connectivity index (χ0) is 27.9. The summed E-state index contributed by atoms with van der Waals surface area (Å²) >= 11 is 0. The molecule has 0 aromatic heterocycles. The minimum atomic E-state index is -1.30. The van der Waals surface area contributed by atoms with Gasteiger partial charge in [0.1, 0.15) is 29.8 Å². The summed E-state index contributed by atoms with van der Waals surface area (Å²) in [4.78, 5) is 67.1. The van der Waals surface area contributed by atoms with Crippen LogP contribution in [-0.4, -0.2) is 69.7 Å². The number of Topliss-reactive ketones (excluding diaryl/α,β-unsaturated/α-hetero) is 1. The summed E-state index contributed by atoms with van der Waals surface area (Å²) in [6, 6.07) is 6.28.